The van der Waals surface area contributed by atoms with Gasteiger partial charge in [-0.1, -0.05) is 145 Å². The molecule has 9 aromatic rings. The van der Waals surface area contributed by atoms with Crippen molar-refractivity contribution in [1.29, 1.82) is 0 Å². The van der Waals surface area contributed by atoms with E-state index >= 15 is 0 Å². The van der Waals surface area contributed by atoms with Crippen molar-refractivity contribution in [2.75, 3.05) is 154 Å². The first-order chi connectivity index (χ1) is 56.3. The van der Waals surface area contributed by atoms with Crippen molar-refractivity contribution >= 4 is 86.8 Å². The van der Waals surface area contributed by atoms with E-state index < -0.39 is 36.1 Å². The molecule has 24 nitrogen and oxygen atoms in total. The number of piperidine rings is 3. The van der Waals surface area contributed by atoms with Crippen LogP contribution in [0.2, 0.25) is 0 Å². The lowest BCUT2D eigenvalue weighted by molar-refractivity contribution is -0.166. The lowest BCUT2D eigenvalue weighted by atomic mass is 9.89. The number of hydrogen-bond donors (Lipinski definition) is 4. The number of esters is 2. The van der Waals surface area contributed by atoms with Crippen molar-refractivity contribution in [1.82, 2.24) is 25.0 Å². The number of nitrogens with one attached hydrogen (secondary N) is 2. The summed E-state index contributed by atoms with van der Waals surface area (Å²) in [6.45, 7) is 20.6. The molecule has 1 aromatic heterocycles. The summed E-state index contributed by atoms with van der Waals surface area (Å²) in [5.41, 5.74) is 22.3. The summed E-state index contributed by atoms with van der Waals surface area (Å²) in [6.07, 6.45) is -0.392. The first-order valence-electron chi connectivity index (χ1n) is 40.8. The van der Waals surface area contributed by atoms with Crippen LogP contribution in [-0.2, 0) is 61.3 Å². The highest BCUT2D eigenvalue weighted by atomic mass is 16.6. The van der Waals surface area contributed by atoms with Gasteiger partial charge < -0.3 is 88.5 Å². The van der Waals surface area contributed by atoms with E-state index in [9.17, 15) is 39.0 Å². The number of ether oxygens (including phenoxy) is 4. The quantitative estimate of drug-likeness (QED) is 0.0695. The molecular weight excluding hydrogens is 1470 g/mol. The van der Waals surface area contributed by atoms with Gasteiger partial charge in [0, 0.05) is 172 Å². The molecule has 0 aliphatic carbocycles. The van der Waals surface area contributed by atoms with Crippen LogP contribution in [0.5, 0.6) is 0 Å². The van der Waals surface area contributed by atoms with E-state index in [0.717, 1.165) is 113 Å². The molecule has 4 N–H and O–H groups in total. The van der Waals surface area contributed by atoms with E-state index in [2.05, 4.69) is 150 Å². The number of rotatable bonds is 11. The van der Waals surface area contributed by atoms with Gasteiger partial charge in [0.2, 0.25) is 12.2 Å². The molecule has 3 saturated heterocycles. The van der Waals surface area contributed by atoms with Crippen LogP contribution in [0.15, 0.2) is 182 Å². The molecule has 0 radical (unpaired) electrons. The van der Waals surface area contributed by atoms with Crippen LogP contribution in [0.1, 0.15) is 108 Å². The Labute approximate surface area is 677 Å². The van der Waals surface area contributed by atoms with Crippen molar-refractivity contribution in [2.24, 2.45) is 0 Å². The van der Waals surface area contributed by atoms with Gasteiger partial charge in [-0.25, -0.2) is 28.8 Å². The maximum Gasteiger partial charge on any atom is 0.410 e. The summed E-state index contributed by atoms with van der Waals surface area (Å²) in [5.74, 6) is -3.82. The van der Waals surface area contributed by atoms with E-state index in [1.807, 2.05) is 70.5 Å². The van der Waals surface area contributed by atoms with Crippen LogP contribution in [-0.4, -0.2) is 211 Å². The number of likely N-dealkylation sites (N-methyl/N-ethyl adjacent to an activating group) is 4. The minimum atomic E-state index is -2.22. The number of aromatic nitrogens is 1. The number of anilines is 7. The zero-order valence-corrected chi connectivity index (χ0v) is 66.9. The average molecular weight is 1570 g/mol. The van der Waals surface area contributed by atoms with Gasteiger partial charge in [-0.15, -0.1) is 0 Å². The summed E-state index contributed by atoms with van der Waals surface area (Å²) < 4.78 is 23.2. The molecule has 8 aromatic carbocycles. The highest BCUT2D eigenvalue weighted by molar-refractivity contribution is 5.98. The third kappa shape index (κ3) is 15.7. The molecule has 5 unspecified atom stereocenters. The van der Waals surface area contributed by atoms with Crippen LogP contribution in [0.4, 0.5) is 49.4 Å². The number of benzene rings is 8. The maximum atomic E-state index is 12.6. The van der Waals surface area contributed by atoms with Gasteiger partial charge in [0.05, 0.1) is 63.0 Å². The summed E-state index contributed by atoms with van der Waals surface area (Å²) in [5, 5.41) is 27.0. The minimum Gasteiger partial charge on any atom is -0.478 e. The fourth-order valence-corrected chi connectivity index (χ4v) is 19.1. The van der Waals surface area contributed by atoms with E-state index in [1.54, 1.807) is 49.2 Å². The third-order valence-electron chi connectivity index (χ3n) is 25.2. The zero-order chi connectivity index (χ0) is 80.4. The van der Waals surface area contributed by atoms with Crippen LogP contribution < -0.4 is 44.9 Å². The Kier molecular flexibility index (Phi) is 22.9. The highest BCUT2D eigenvalue weighted by Gasteiger charge is 2.48. The SMILES string of the molecule is CN1CCN2c3c(cccc31)C1CN(C(=O)OCc3ccccc3)CCC12.CN1CCN2c3c(cccc31)C1CNCCC12.CN1CCN2c3c(cccc31)[C@@H]1CNCC[C@@H]12.CN1CCn2c3c(c4cccc1c42)CN(C(=O)OCc1ccccc1)CC3.Cc1ccc(C(=O)OC(C(=O)O)[C@@H](OC(=O)c2ccc(C)cc2)C(=O)O)cc1. The molecule has 0 saturated carbocycles. The zero-order valence-electron chi connectivity index (χ0n) is 66.9. The molecule has 11 aliphatic heterocycles. The summed E-state index contributed by atoms with van der Waals surface area (Å²) in [6, 6.07) is 60.6. The highest BCUT2D eigenvalue weighted by Crippen LogP contribution is 2.53. The normalized spacial score (nSPS) is 20.9. The van der Waals surface area contributed by atoms with E-state index in [0.29, 0.717) is 50.1 Å². The second kappa shape index (κ2) is 34.0. The molecule has 604 valence electrons. The van der Waals surface area contributed by atoms with Crippen LogP contribution in [0, 0.1) is 13.8 Å². The Morgan fingerprint density at radius 1 is 0.431 bits per heavy atom. The summed E-state index contributed by atoms with van der Waals surface area (Å²) >= 11 is 0. The van der Waals surface area contributed by atoms with Crippen molar-refractivity contribution < 1.29 is 57.9 Å². The molecule has 11 aliphatic rings. The number of para-hydroxylation sites is 4. The number of aryl methyl sites for hydroxylation is 2. The van der Waals surface area contributed by atoms with Gasteiger partial charge in [0.25, 0.3) is 0 Å². The number of hydrogen-bond acceptors (Lipinski definition) is 19. The minimum absolute atomic E-state index is 0.0332. The topological polar surface area (TPSA) is 238 Å². The number of carboxylic acids is 2. The first-order valence-corrected chi connectivity index (χ1v) is 40.8. The lowest BCUT2D eigenvalue weighted by Crippen LogP contribution is -2.50. The van der Waals surface area contributed by atoms with Crippen LogP contribution in [0.3, 0.4) is 0 Å². The maximum absolute atomic E-state index is 12.6. The molecule has 12 heterocycles. The van der Waals surface area contributed by atoms with Gasteiger partial charge >= 0.3 is 36.1 Å². The molecule has 24 heteroatoms. The van der Waals surface area contributed by atoms with Gasteiger partial charge in [0.15, 0.2) is 0 Å². The Balaban J connectivity index is 0.000000110. The Morgan fingerprint density at radius 2 is 0.845 bits per heavy atom. The fourth-order valence-electron chi connectivity index (χ4n) is 19.1. The largest absolute Gasteiger partial charge is 0.478 e. The van der Waals surface area contributed by atoms with Crippen molar-refractivity contribution in [2.45, 2.75) is 114 Å². The monoisotopic (exact) mass is 1570 g/mol. The predicted octanol–water partition coefficient (Wildman–Crippen LogP) is 12.3. The third-order valence-corrected chi connectivity index (χ3v) is 25.2. The fraction of sp³-hybridized carbons (Fsp3) is 0.391. The number of carbonyl (C=O) groups excluding carboxylic acids is 4. The van der Waals surface area contributed by atoms with Gasteiger partial charge in [-0.3, -0.25) is 0 Å². The number of carboxylic acid groups (broad SMARTS) is 2. The lowest BCUT2D eigenvalue weighted by Gasteiger charge is -2.41. The number of aliphatic carboxylic acids is 2. The molecule has 2 amide bonds. The van der Waals surface area contributed by atoms with E-state index in [4.69, 9.17) is 18.9 Å². The smallest absolute Gasteiger partial charge is 0.410 e. The molecule has 3 fully saturated rings. The summed E-state index contributed by atoms with van der Waals surface area (Å²) in [4.78, 5) is 93.7. The average Bonchev–Trinajstić information content (AvgIpc) is 1.60. The molecule has 8 atom stereocenters. The number of likely N-dealkylation sites (tertiary alicyclic amines) is 1. The van der Waals surface area contributed by atoms with Crippen LogP contribution in [0.25, 0.3) is 10.9 Å². The number of fused-ring (bicyclic) bond motifs is 12. The molecular formula is C92H104N12O12. The van der Waals surface area contributed by atoms with E-state index in [-0.39, 0.29) is 23.3 Å². The van der Waals surface area contributed by atoms with Crippen molar-refractivity contribution in [3.05, 3.63) is 243 Å². The standard InChI is InChI=1S/C22H25N3O2.C22H23N3O2.C20H18O8.2C14H19N3/c2*1-23-12-13-25-19-10-11-24(22(26)27-15-16-6-3-2-4-7-16)14-18(19)17-8-5-9-20(23)21(17)25;1-11-3-7-13(8-4-11)19(25)27-15(17(21)22)16(18(23)24)28-20(26)14-9-5-12(2)6-10-14;2*1-16-7-8-17-12-5-6-15-9-11(12)10-3-2-4-13(16)14(10)17/h2-9,18-19H,10-15H2,1H3;2-9H,10-15H2,1H3;3-10,15-16H,1-2H3,(H,21,22)(H,23,24);2*2-4,11-12,15H,5-9H2,1H3/t;;15-,16?;11-,12-;/m..10./s1. The second-order valence-electron chi connectivity index (χ2n) is 32.2. The first kappa shape index (κ1) is 78.1. The predicted molar refractivity (Wildman–Crippen MR) is 451 cm³/mol. The van der Waals surface area contributed by atoms with Gasteiger partial charge in [-0.2, -0.15) is 0 Å². The number of nitrogens with zero attached hydrogens (tertiary/aromatic N) is 10. The molecule has 0 spiro atoms. The number of carbonyl (C=O) groups is 6. The van der Waals surface area contributed by atoms with Crippen molar-refractivity contribution in [3.8, 4) is 0 Å². The molecule has 20 rings (SSSR count). The van der Waals surface area contributed by atoms with E-state index in [1.165, 1.54) is 131 Å². The van der Waals surface area contributed by atoms with Crippen molar-refractivity contribution in [3.63, 3.8) is 0 Å². The number of amides is 2. The van der Waals surface area contributed by atoms with Gasteiger partial charge in [-0.05, 0) is 123 Å². The van der Waals surface area contributed by atoms with Gasteiger partial charge in [0.1, 0.15) is 13.2 Å². The second-order valence-corrected chi connectivity index (χ2v) is 32.2. The summed E-state index contributed by atoms with van der Waals surface area (Å²) in [7, 11) is 8.75. The Bertz CT molecular complexity index is 4940. The Morgan fingerprint density at radius 3 is 1.31 bits per heavy atom. The molecule has 0 bridgehead atoms. The van der Waals surface area contributed by atoms with Crippen LogP contribution >= 0.6 is 0 Å². The molecule has 116 heavy (non-hydrogen) atoms. The Hall–Kier alpha value is -11.8.